The van der Waals surface area contributed by atoms with E-state index < -0.39 is 0 Å². The fourth-order valence-electron chi connectivity index (χ4n) is 1.34. The summed E-state index contributed by atoms with van der Waals surface area (Å²) in [4.78, 5) is 10.6. The summed E-state index contributed by atoms with van der Waals surface area (Å²) in [6.07, 6.45) is 3.80. The van der Waals surface area contributed by atoms with Crippen molar-refractivity contribution in [3.8, 4) is 0 Å². The van der Waals surface area contributed by atoms with Gasteiger partial charge in [0.15, 0.2) is 0 Å². The molecular formula is C11H13BrN2O2. The zero-order valence-electron chi connectivity index (χ0n) is 9.16. The molecule has 0 radical (unpaired) electrons. The van der Waals surface area contributed by atoms with Crippen molar-refractivity contribution < 1.29 is 4.92 Å². The second kappa shape index (κ2) is 5.65. The normalized spacial score (nSPS) is 10.7. The van der Waals surface area contributed by atoms with E-state index in [2.05, 4.69) is 21.2 Å². The van der Waals surface area contributed by atoms with Crippen LogP contribution in [0.3, 0.4) is 0 Å². The molecule has 5 heteroatoms. The monoisotopic (exact) mass is 284 g/mol. The number of nitrogens with one attached hydrogen (secondary N) is 1. The maximum atomic E-state index is 11.0. The Morgan fingerprint density at radius 2 is 2.25 bits per heavy atom. The van der Waals surface area contributed by atoms with Crippen LogP contribution in [0.4, 0.5) is 11.4 Å². The molecule has 0 heterocycles. The molecule has 0 aliphatic rings. The van der Waals surface area contributed by atoms with Gasteiger partial charge in [0.1, 0.15) is 5.69 Å². The summed E-state index contributed by atoms with van der Waals surface area (Å²) in [5, 5.41) is 14.0. The van der Waals surface area contributed by atoms with Crippen LogP contribution in [0.1, 0.15) is 12.5 Å². The lowest BCUT2D eigenvalue weighted by Crippen LogP contribution is -2.03. The van der Waals surface area contributed by atoms with Crippen LogP contribution in [0, 0.1) is 17.0 Å². The van der Waals surface area contributed by atoms with Crippen molar-refractivity contribution >= 4 is 27.3 Å². The summed E-state index contributed by atoms with van der Waals surface area (Å²) in [7, 11) is 0. The smallest absolute Gasteiger partial charge is 0.296 e. The second-order valence-corrected chi connectivity index (χ2v) is 4.13. The van der Waals surface area contributed by atoms with Gasteiger partial charge in [0.25, 0.3) is 5.69 Å². The molecule has 1 rings (SSSR count). The molecule has 0 aromatic heterocycles. The Bertz CT molecular complexity index is 430. The van der Waals surface area contributed by atoms with Crippen LogP contribution < -0.4 is 5.32 Å². The van der Waals surface area contributed by atoms with Crippen molar-refractivity contribution in [3.05, 3.63) is 44.4 Å². The quantitative estimate of drug-likeness (QED) is 0.522. The minimum absolute atomic E-state index is 0.124. The van der Waals surface area contributed by atoms with Crippen LogP contribution in [0.15, 0.2) is 28.8 Å². The highest BCUT2D eigenvalue weighted by atomic mass is 79.9. The van der Waals surface area contributed by atoms with E-state index in [-0.39, 0.29) is 10.6 Å². The molecule has 1 N–H and O–H groups in total. The van der Waals surface area contributed by atoms with Crippen LogP contribution in [0.25, 0.3) is 0 Å². The van der Waals surface area contributed by atoms with Crippen molar-refractivity contribution in [3.63, 3.8) is 0 Å². The molecule has 0 amide bonds. The summed E-state index contributed by atoms with van der Waals surface area (Å²) in [5.41, 5.74) is 1.30. The molecule has 0 spiro atoms. The van der Waals surface area contributed by atoms with E-state index in [0.29, 0.717) is 17.8 Å². The van der Waals surface area contributed by atoms with Gasteiger partial charge in [-0.25, -0.2) is 0 Å². The molecule has 0 saturated carbocycles. The Balaban J connectivity index is 3.08. The van der Waals surface area contributed by atoms with Gasteiger partial charge >= 0.3 is 0 Å². The van der Waals surface area contributed by atoms with Crippen molar-refractivity contribution in [2.75, 3.05) is 11.9 Å². The molecule has 0 bridgehead atoms. The predicted molar refractivity (Wildman–Crippen MR) is 68.8 cm³/mol. The second-order valence-electron chi connectivity index (χ2n) is 3.28. The molecular weight excluding hydrogens is 272 g/mol. The third-order valence-electron chi connectivity index (χ3n) is 2.19. The number of anilines is 1. The molecule has 1 aromatic carbocycles. The Kier molecular flexibility index (Phi) is 4.49. The number of nitrogens with zero attached hydrogens (tertiary/aromatic N) is 1. The number of halogens is 1. The van der Waals surface area contributed by atoms with E-state index in [1.54, 1.807) is 19.1 Å². The number of benzene rings is 1. The van der Waals surface area contributed by atoms with Gasteiger partial charge in [-0.1, -0.05) is 28.1 Å². The van der Waals surface area contributed by atoms with E-state index in [9.17, 15) is 10.1 Å². The molecule has 4 nitrogen and oxygen atoms in total. The zero-order chi connectivity index (χ0) is 12.1. The number of rotatable bonds is 4. The molecule has 0 unspecified atom stereocenters. The summed E-state index contributed by atoms with van der Waals surface area (Å²) in [5.74, 6) is 0. The van der Waals surface area contributed by atoms with Crippen molar-refractivity contribution in [2.45, 2.75) is 13.8 Å². The van der Waals surface area contributed by atoms with Crippen LogP contribution in [-0.2, 0) is 0 Å². The predicted octanol–water partition coefficient (Wildman–Crippen LogP) is 3.65. The van der Waals surface area contributed by atoms with Gasteiger partial charge < -0.3 is 5.32 Å². The highest BCUT2D eigenvalue weighted by Crippen LogP contribution is 2.33. The first-order valence-electron chi connectivity index (χ1n) is 4.86. The summed E-state index contributed by atoms with van der Waals surface area (Å²) >= 11 is 3.28. The van der Waals surface area contributed by atoms with Gasteiger partial charge in [-0.3, -0.25) is 10.1 Å². The summed E-state index contributed by atoms with van der Waals surface area (Å²) in [6, 6.07) is 3.51. The molecule has 0 saturated heterocycles. The molecule has 0 fully saturated rings. The minimum atomic E-state index is -0.363. The average molecular weight is 285 g/mol. The van der Waals surface area contributed by atoms with Crippen molar-refractivity contribution in [1.29, 1.82) is 0 Å². The highest BCUT2D eigenvalue weighted by molar-refractivity contribution is 9.10. The number of nitro groups is 1. The van der Waals surface area contributed by atoms with Crippen molar-refractivity contribution in [2.24, 2.45) is 0 Å². The van der Waals surface area contributed by atoms with Gasteiger partial charge in [-0.15, -0.1) is 0 Å². The third kappa shape index (κ3) is 2.82. The lowest BCUT2D eigenvalue weighted by Gasteiger charge is -2.07. The first-order chi connectivity index (χ1) is 7.57. The Hall–Kier alpha value is -1.36. The fraction of sp³-hybridized carbons (Fsp3) is 0.273. The Labute approximate surface area is 103 Å². The largest absolute Gasteiger partial charge is 0.376 e. The van der Waals surface area contributed by atoms with Crippen LogP contribution in [0.5, 0.6) is 0 Å². The molecule has 86 valence electrons. The third-order valence-corrected chi connectivity index (χ3v) is 3.05. The Morgan fingerprint density at radius 1 is 1.56 bits per heavy atom. The fourth-order valence-corrected chi connectivity index (χ4v) is 1.66. The SMILES string of the molecule is C/C=C/CNc1ccc(Br)c(C)c1[N+](=O)[O-]. The lowest BCUT2D eigenvalue weighted by atomic mass is 10.1. The molecule has 16 heavy (non-hydrogen) atoms. The molecule has 0 aliphatic heterocycles. The van der Waals surface area contributed by atoms with Crippen LogP contribution >= 0.6 is 15.9 Å². The average Bonchev–Trinajstić information content (AvgIpc) is 2.23. The van der Waals surface area contributed by atoms with Gasteiger partial charge in [0.05, 0.1) is 4.92 Å². The van der Waals surface area contributed by atoms with Crippen LogP contribution in [-0.4, -0.2) is 11.5 Å². The van der Waals surface area contributed by atoms with E-state index in [1.165, 1.54) is 0 Å². The molecule has 0 aliphatic carbocycles. The molecule has 1 aromatic rings. The first kappa shape index (κ1) is 12.7. The minimum Gasteiger partial charge on any atom is -0.376 e. The molecule has 0 atom stereocenters. The summed E-state index contributed by atoms with van der Waals surface area (Å²) < 4.78 is 0.746. The standard InChI is InChI=1S/C11H13BrN2O2/c1-3-4-7-13-10-6-5-9(12)8(2)11(10)14(15)16/h3-6,13H,7H2,1-2H3/b4-3+. The number of allylic oxidation sites excluding steroid dienone is 1. The van der Waals surface area contributed by atoms with E-state index >= 15 is 0 Å². The van der Waals surface area contributed by atoms with Gasteiger partial charge in [0, 0.05) is 16.6 Å². The first-order valence-corrected chi connectivity index (χ1v) is 5.65. The van der Waals surface area contributed by atoms with Gasteiger partial charge in [-0.2, -0.15) is 0 Å². The number of nitro benzene ring substituents is 1. The Morgan fingerprint density at radius 3 is 2.81 bits per heavy atom. The highest BCUT2D eigenvalue weighted by Gasteiger charge is 2.18. The zero-order valence-corrected chi connectivity index (χ0v) is 10.7. The van der Waals surface area contributed by atoms with Gasteiger partial charge in [0.2, 0.25) is 0 Å². The summed E-state index contributed by atoms with van der Waals surface area (Å²) in [6.45, 7) is 4.21. The van der Waals surface area contributed by atoms with Crippen molar-refractivity contribution in [1.82, 2.24) is 0 Å². The maximum absolute atomic E-state index is 11.0. The van der Waals surface area contributed by atoms with Crippen LogP contribution in [0.2, 0.25) is 0 Å². The van der Waals surface area contributed by atoms with E-state index in [0.717, 1.165) is 4.47 Å². The maximum Gasteiger partial charge on any atom is 0.296 e. The topological polar surface area (TPSA) is 55.2 Å². The van der Waals surface area contributed by atoms with E-state index in [1.807, 2.05) is 19.1 Å². The van der Waals surface area contributed by atoms with Gasteiger partial charge in [-0.05, 0) is 26.0 Å². The van der Waals surface area contributed by atoms with E-state index in [4.69, 9.17) is 0 Å². The lowest BCUT2D eigenvalue weighted by molar-refractivity contribution is -0.384. The number of hydrogen-bond donors (Lipinski definition) is 1. The number of hydrogen-bond acceptors (Lipinski definition) is 3.